The molecule has 1 atom stereocenters. The molecule has 1 aromatic rings. The van der Waals surface area contributed by atoms with Crippen molar-refractivity contribution in [2.45, 2.75) is 33.2 Å². The molecule has 0 aromatic heterocycles. The highest BCUT2D eigenvalue weighted by atomic mass is 127. The largest absolute Gasteiger partial charge is 0.383 e. The highest BCUT2D eigenvalue weighted by Crippen LogP contribution is 2.12. The fourth-order valence-electron chi connectivity index (χ4n) is 2.41. The second-order valence-corrected chi connectivity index (χ2v) is 5.53. The molecule has 0 aliphatic heterocycles. The van der Waals surface area contributed by atoms with E-state index in [4.69, 9.17) is 4.74 Å². The summed E-state index contributed by atoms with van der Waals surface area (Å²) >= 11 is 0. The number of guanidine groups is 1. The number of nitrogens with zero attached hydrogens (tertiary/aromatic N) is 2. The summed E-state index contributed by atoms with van der Waals surface area (Å²) in [4.78, 5) is 7.03. The van der Waals surface area contributed by atoms with Gasteiger partial charge in [-0.1, -0.05) is 18.2 Å². The van der Waals surface area contributed by atoms with Crippen molar-refractivity contribution in [2.75, 3.05) is 44.8 Å². The molecule has 1 aromatic carbocycles. The first-order valence-electron chi connectivity index (χ1n) is 8.55. The Labute approximate surface area is 164 Å². The fourth-order valence-corrected chi connectivity index (χ4v) is 2.41. The Hall–Kier alpha value is -1.02. The van der Waals surface area contributed by atoms with Gasteiger partial charge in [0.2, 0.25) is 0 Å². The van der Waals surface area contributed by atoms with Crippen LogP contribution >= 0.6 is 24.0 Å². The molecule has 0 aliphatic rings. The van der Waals surface area contributed by atoms with Gasteiger partial charge in [-0.25, -0.2) is 0 Å². The molecule has 138 valence electrons. The average molecular weight is 448 g/mol. The molecule has 2 N–H and O–H groups in total. The van der Waals surface area contributed by atoms with Crippen molar-refractivity contribution in [3.63, 3.8) is 0 Å². The molecule has 0 aliphatic carbocycles. The van der Waals surface area contributed by atoms with Crippen LogP contribution in [0, 0.1) is 0 Å². The summed E-state index contributed by atoms with van der Waals surface area (Å²) in [6.07, 6.45) is 1.03. The van der Waals surface area contributed by atoms with Gasteiger partial charge < -0.3 is 20.3 Å². The monoisotopic (exact) mass is 448 g/mol. The van der Waals surface area contributed by atoms with Gasteiger partial charge in [0.25, 0.3) is 0 Å². The third kappa shape index (κ3) is 9.32. The van der Waals surface area contributed by atoms with E-state index >= 15 is 0 Å². The summed E-state index contributed by atoms with van der Waals surface area (Å²) in [5.41, 5.74) is 1.28. The first kappa shape index (κ1) is 23.0. The SMILES string of the molecule is CCNC(=NCCCN(CC)c1ccccc1)NC(C)COC.I. The molecule has 1 unspecified atom stereocenters. The summed E-state index contributed by atoms with van der Waals surface area (Å²) in [5.74, 6) is 0.861. The van der Waals surface area contributed by atoms with Crippen LogP contribution in [-0.4, -0.2) is 51.9 Å². The van der Waals surface area contributed by atoms with Crippen molar-refractivity contribution in [3.05, 3.63) is 30.3 Å². The number of hydrogen-bond acceptors (Lipinski definition) is 3. The van der Waals surface area contributed by atoms with E-state index in [2.05, 4.69) is 71.6 Å². The molecule has 24 heavy (non-hydrogen) atoms. The van der Waals surface area contributed by atoms with Gasteiger partial charge in [0.05, 0.1) is 6.61 Å². The first-order valence-corrected chi connectivity index (χ1v) is 8.55. The second kappa shape index (κ2) is 14.3. The fraction of sp³-hybridized carbons (Fsp3) is 0.611. The number of aliphatic imine (C=N–C) groups is 1. The zero-order valence-electron chi connectivity index (χ0n) is 15.4. The number of methoxy groups -OCH3 is 1. The molecule has 5 nitrogen and oxygen atoms in total. The van der Waals surface area contributed by atoms with Gasteiger partial charge in [-0.15, -0.1) is 24.0 Å². The third-order valence-corrected chi connectivity index (χ3v) is 3.50. The predicted octanol–water partition coefficient (Wildman–Crippen LogP) is 3.11. The molecule has 0 fully saturated rings. The Morgan fingerprint density at radius 3 is 2.54 bits per heavy atom. The van der Waals surface area contributed by atoms with Crippen molar-refractivity contribution in [1.29, 1.82) is 0 Å². The minimum Gasteiger partial charge on any atom is -0.383 e. The molecule has 1 rings (SSSR count). The van der Waals surface area contributed by atoms with E-state index < -0.39 is 0 Å². The number of halogens is 1. The van der Waals surface area contributed by atoms with E-state index in [-0.39, 0.29) is 30.0 Å². The second-order valence-electron chi connectivity index (χ2n) is 5.53. The standard InChI is InChI=1S/C18H32N4O.HI/c1-5-19-18(21-16(3)15-23-4)20-13-10-14-22(6-2)17-11-8-7-9-12-17;/h7-9,11-12,16H,5-6,10,13-15H2,1-4H3,(H2,19,20,21);1H. The van der Waals surface area contributed by atoms with Gasteiger partial charge in [0, 0.05) is 45.0 Å². The number of para-hydroxylation sites is 1. The topological polar surface area (TPSA) is 48.9 Å². The van der Waals surface area contributed by atoms with Crippen LogP contribution in [0.3, 0.4) is 0 Å². The third-order valence-electron chi connectivity index (χ3n) is 3.50. The highest BCUT2D eigenvalue weighted by Gasteiger charge is 2.05. The van der Waals surface area contributed by atoms with Crippen LogP contribution in [0.15, 0.2) is 35.3 Å². The Kier molecular flexibility index (Phi) is 13.7. The molecular formula is C18H33IN4O. The smallest absolute Gasteiger partial charge is 0.191 e. The number of rotatable bonds is 10. The normalized spacial score (nSPS) is 12.2. The summed E-state index contributed by atoms with van der Waals surface area (Å²) < 4.78 is 5.15. The summed E-state index contributed by atoms with van der Waals surface area (Å²) in [7, 11) is 1.71. The van der Waals surface area contributed by atoms with E-state index in [0.29, 0.717) is 6.61 Å². The molecule has 0 radical (unpaired) electrons. The maximum atomic E-state index is 5.15. The highest BCUT2D eigenvalue weighted by molar-refractivity contribution is 14.0. The van der Waals surface area contributed by atoms with Gasteiger partial charge in [-0.2, -0.15) is 0 Å². The summed E-state index contributed by atoms with van der Waals surface area (Å²) in [6.45, 7) is 10.7. The van der Waals surface area contributed by atoms with Gasteiger partial charge in [0.15, 0.2) is 5.96 Å². The average Bonchev–Trinajstić information content (AvgIpc) is 2.56. The first-order chi connectivity index (χ1) is 11.2. The zero-order chi connectivity index (χ0) is 16.9. The van der Waals surface area contributed by atoms with Crippen LogP contribution < -0.4 is 15.5 Å². The van der Waals surface area contributed by atoms with Crippen LogP contribution in [0.2, 0.25) is 0 Å². The molecular weight excluding hydrogens is 415 g/mol. The van der Waals surface area contributed by atoms with Crippen LogP contribution in [0.25, 0.3) is 0 Å². The molecule has 0 spiro atoms. The van der Waals surface area contributed by atoms with Crippen molar-refractivity contribution in [1.82, 2.24) is 10.6 Å². The number of ether oxygens (including phenoxy) is 1. The lowest BCUT2D eigenvalue weighted by Gasteiger charge is -2.23. The maximum absolute atomic E-state index is 5.15. The lowest BCUT2D eigenvalue weighted by Crippen LogP contribution is -2.44. The minimum atomic E-state index is 0. The quantitative estimate of drug-likeness (QED) is 0.250. The molecule has 0 saturated carbocycles. The van der Waals surface area contributed by atoms with Gasteiger partial charge >= 0.3 is 0 Å². The Morgan fingerprint density at radius 2 is 1.96 bits per heavy atom. The lowest BCUT2D eigenvalue weighted by molar-refractivity contribution is 0.179. The van der Waals surface area contributed by atoms with Crippen LogP contribution in [0.1, 0.15) is 27.2 Å². The van der Waals surface area contributed by atoms with E-state index in [1.54, 1.807) is 7.11 Å². The molecule has 0 amide bonds. The maximum Gasteiger partial charge on any atom is 0.191 e. The van der Waals surface area contributed by atoms with Crippen LogP contribution in [0.4, 0.5) is 5.69 Å². The van der Waals surface area contributed by atoms with E-state index in [0.717, 1.165) is 38.6 Å². The predicted molar refractivity (Wildman–Crippen MR) is 115 cm³/mol. The summed E-state index contributed by atoms with van der Waals surface area (Å²) in [5, 5.41) is 6.63. The molecule has 0 bridgehead atoms. The molecule has 0 heterocycles. The number of nitrogens with one attached hydrogen (secondary N) is 2. The van der Waals surface area contributed by atoms with Crippen molar-refractivity contribution in [2.24, 2.45) is 4.99 Å². The van der Waals surface area contributed by atoms with Gasteiger partial charge in [0.1, 0.15) is 0 Å². The van der Waals surface area contributed by atoms with E-state index in [1.807, 2.05) is 0 Å². The Morgan fingerprint density at radius 1 is 1.25 bits per heavy atom. The van der Waals surface area contributed by atoms with Crippen molar-refractivity contribution < 1.29 is 4.74 Å². The number of anilines is 1. The number of hydrogen-bond donors (Lipinski definition) is 2. The van der Waals surface area contributed by atoms with Crippen molar-refractivity contribution in [3.8, 4) is 0 Å². The lowest BCUT2D eigenvalue weighted by atomic mass is 10.2. The molecule has 6 heteroatoms. The zero-order valence-corrected chi connectivity index (χ0v) is 17.7. The van der Waals surface area contributed by atoms with Crippen LogP contribution in [-0.2, 0) is 4.74 Å². The van der Waals surface area contributed by atoms with E-state index in [1.165, 1.54) is 5.69 Å². The Balaban J connectivity index is 0.00000529. The summed E-state index contributed by atoms with van der Waals surface area (Å²) in [6, 6.07) is 10.8. The molecule has 0 saturated heterocycles. The van der Waals surface area contributed by atoms with Crippen molar-refractivity contribution >= 4 is 35.6 Å². The van der Waals surface area contributed by atoms with Crippen LogP contribution in [0.5, 0.6) is 0 Å². The van der Waals surface area contributed by atoms with E-state index in [9.17, 15) is 0 Å². The van der Waals surface area contributed by atoms with Gasteiger partial charge in [-0.05, 0) is 39.3 Å². The van der Waals surface area contributed by atoms with Gasteiger partial charge in [-0.3, -0.25) is 4.99 Å². The Bertz CT molecular complexity index is 442. The number of benzene rings is 1. The minimum absolute atomic E-state index is 0.